The highest BCUT2D eigenvalue weighted by Gasteiger charge is 2.32. The molecule has 0 radical (unpaired) electrons. The van der Waals surface area contributed by atoms with Crippen LogP contribution < -0.4 is 0 Å². The first-order valence-corrected chi connectivity index (χ1v) is 5.76. The molecular weight excluding hydrogens is 198 g/mol. The van der Waals surface area contributed by atoms with E-state index in [1.165, 1.54) is 23.8 Å². The first-order valence-electron chi connectivity index (χ1n) is 5.76. The van der Waals surface area contributed by atoms with Crippen LogP contribution in [-0.4, -0.2) is 12.1 Å². The summed E-state index contributed by atoms with van der Waals surface area (Å²) >= 11 is 0. The number of hydrogen-bond donors (Lipinski definition) is 0. The quantitative estimate of drug-likeness (QED) is 0.780. The van der Waals surface area contributed by atoms with Crippen LogP contribution in [0, 0.1) is 5.92 Å². The Balaban J connectivity index is 2.03. The maximum absolute atomic E-state index is 5.57. The lowest BCUT2D eigenvalue weighted by molar-refractivity contribution is 0.0845. The normalized spacial score (nSPS) is 17.6. The minimum Gasteiger partial charge on any atom is -0.376 e. The molecule has 1 aromatic carbocycles. The Morgan fingerprint density at radius 2 is 2.12 bits per heavy atom. The van der Waals surface area contributed by atoms with E-state index in [4.69, 9.17) is 4.74 Å². The van der Waals surface area contributed by atoms with E-state index in [1.54, 1.807) is 7.11 Å². The molecule has 0 bridgehead atoms. The van der Waals surface area contributed by atoms with Gasteiger partial charge in [0.15, 0.2) is 0 Å². The average Bonchev–Trinajstić information content (AvgIpc) is 3.14. The highest BCUT2D eigenvalue weighted by molar-refractivity contribution is 5.78. The summed E-state index contributed by atoms with van der Waals surface area (Å²) in [4.78, 5) is 4.48. The van der Waals surface area contributed by atoms with E-state index < -0.39 is 0 Å². The monoisotopic (exact) mass is 213 g/mol. The molecule has 1 atom stereocenters. The Hall–Kier alpha value is -1.41. The predicted molar refractivity (Wildman–Crippen MR) is 64.2 cm³/mol. The fraction of sp³-hybridized carbons (Fsp3) is 0.357. The molecule has 1 aromatic heterocycles. The van der Waals surface area contributed by atoms with Crippen molar-refractivity contribution in [3.63, 3.8) is 0 Å². The van der Waals surface area contributed by atoms with Gasteiger partial charge < -0.3 is 4.74 Å². The molecule has 1 aliphatic rings. The summed E-state index contributed by atoms with van der Waals surface area (Å²) in [7, 11) is 1.79. The van der Waals surface area contributed by atoms with Gasteiger partial charge in [-0.3, -0.25) is 4.98 Å². The lowest BCUT2D eigenvalue weighted by Gasteiger charge is -2.14. The molecule has 2 nitrogen and oxygen atoms in total. The van der Waals surface area contributed by atoms with Gasteiger partial charge in [-0.2, -0.15) is 0 Å². The third-order valence-electron chi connectivity index (χ3n) is 3.24. The van der Waals surface area contributed by atoms with Crippen LogP contribution in [-0.2, 0) is 4.74 Å². The molecule has 82 valence electrons. The molecule has 0 saturated heterocycles. The van der Waals surface area contributed by atoms with Crippen molar-refractivity contribution in [2.45, 2.75) is 18.9 Å². The van der Waals surface area contributed by atoms with Crippen LogP contribution in [0.1, 0.15) is 24.5 Å². The second-order valence-corrected chi connectivity index (χ2v) is 4.46. The number of fused-ring (bicyclic) bond motifs is 1. The average molecular weight is 213 g/mol. The standard InChI is InChI=1S/C14H15NO/c1-16-14(10-6-7-10)12-8-11-4-2-3-5-13(11)15-9-12/h2-5,8-10,14H,6-7H2,1H3. The topological polar surface area (TPSA) is 22.1 Å². The fourth-order valence-corrected chi connectivity index (χ4v) is 2.24. The molecule has 3 rings (SSSR count). The summed E-state index contributed by atoms with van der Waals surface area (Å²) in [6.45, 7) is 0. The molecule has 0 aliphatic heterocycles. The maximum atomic E-state index is 5.57. The molecule has 0 spiro atoms. The lowest BCUT2D eigenvalue weighted by atomic mass is 10.1. The Morgan fingerprint density at radius 3 is 2.88 bits per heavy atom. The van der Waals surface area contributed by atoms with Gasteiger partial charge >= 0.3 is 0 Å². The van der Waals surface area contributed by atoms with Gasteiger partial charge in [0.25, 0.3) is 0 Å². The SMILES string of the molecule is COC(c1cnc2ccccc2c1)C1CC1. The number of benzene rings is 1. The minimum absolute atomic E-state index is 0.233. The van der Waals surface area contributed by atoms with Gasteiger partial charge in [0.2, 0.25) is 0 Å². The van der Waals surface area contributed by atoms with Crippen molar-refractivity contribution in [3.8, 4) is 0 Å². The second kappa shape index (κ2) is 3.87. The van der Waals surface area contributed by atoms with Crippen molar-refractivity contribution in [2.24, 2.45) is 5.92 Å². The fourth-order valence-electron chi connectivity index (χ4n) is 2.24. The molecule has 2 heteroatoms. The highest BCUT2D eigenvalue weighted by Crippen LogP contribution is 2.43. The summed E-state index contributed by atoms with van der Waals surface area (Å²) in [5.74, 6) is 0.702. The van der Waals surface area contributed by atoms with E-state index in [0.717, 1.165) is 5.52 Å². The van der Waals surface area contributed by atoms with Gasteiger partial charge in [0.1, 0.15) is 0 Å². The Bertz CT molecular complexity index is 505. The van der Waals surface area contributed by atoms with Crippen molar-refractivity contribution >= 4 is 10.9 Å². The van der Waals surface area contributed by atoms with Crippen molar-refractivity contribution in [1.29, 1.82) is 0 Å². The van der Waals surface area contributed by atoms with E-state index >= 15 is 0 Å². The third kappa shape index (κ3) is 1.69. The Labute approximate surface area is 95.3 Å². The number of hydrogen-bond acceptors (Lipinski definition) is 2. The predicted octanol–water partition coefficient (Wildman–Crippen LogP) is 3.33. The van der Waals surface area contributed by atoms with Gasteiger partial charge in [-0.25, -0.2) is 0 Å². The molecule has 1 fully saturated rings. The zero-order valence-electron chi connectivity index (χ0n) is 9.39. The Kier molecular flexibility index (Phi) is 2.37. The van der Waals surface area contributed by atoms with Crippen LogP contribution >= 0.6 is 0 Å². The first-order chi connectivity index (χ1) is 7.88. The highest BCUT2D eigenvalue weighted by atomic mass is 16.5. The van der Waals surface area contributed by atoms with Gasteiger partial charge in [0, 0.05) is 18.7 Å². The molecule has 1 saturated carbocycles. The molecule has 2 aromatic rings. The van der Waals surface area contributed by atoms with Crippen molar-refractivity contribution in [1.82, 2.24) is 4.98 Å². The third-order valence-corrected chi connectivity index (χ3v) is 3.24. The lowest BCUT2D eigenvalue weighted by Crippen LogP contribution is -2.04. The zero-order chi connectivity index (χ0) is 11.0. The van der Waals surface area contributed by atoms with Crippen molar-refractivity contribution in [3.05, 3.63) is 42.1 Å². The summed E-state index contributed by atoms with van der Waals surface area (Å²) < 4.78 is 5.57. The molecule has 1 aliphatic carbocycles. The number of nitrogens with zero attached hydrogens (tertiary/aromatic N) is 1. The first kappa shape index (κ1) is 9.79. The van der Waals surface area contributed by atoms with Gasteiger partial charge in [-0.15, -0.1) is 0 Å². The zero-order valence-corrected chi connectivity index (χ0v) is 9.39. The molecule has 0 amide bonds. The van der Waals surface area contributed by atoms with E-state index in [1.807, 2.05) is 24.4 Å². The number of aromatic nitrogens is 1. The van der Waals surface area contributed by atoms with Gasteiger partial charge in [0.05, 0.1) is 11.6 Å². The van der Waals surface area contributed by atoms with E-state index in [9.17, 15) is 0 Å². The molecule has 16 heavy (non-hydrogen) atoms. The summed E-state index contributed by atoms with van der Waals surface area (Å²) in [6.07, 6.45) is 4.75. The van der Waals surface area contributed by atoms with Gasteiger partial charge in [-0.1, -0.05) is 18.2 Å². The number of para-hydroxylation sites is 1. The van der Waals surface area contributed by atoms with E-state index in [-0.39, 0.29) is 6.10 Å². The number of methoxy groups -OCH3 is 1. The smallest absolute Gasteiger partial charge is 0.0864 e. The van der Waals surface area contributed by atoms with Crippen LogP contribution in [0.25, 0.3) is 10.9 Å². The number of rotatable bonds is 3. The van der Waals surface area contributed by atoms with Crippen molar-refractivity contribution < 1.29 is 4.74 Å². The molecule has 1 unspecified atom stereocenters. The maximum Gasteiger partial charge on any atom is 0.0864 e. The largest absolute Gasteiger partial charge is 0.376 e. The van der Waals surface area contributed by atoms with E-state index in [2.05, 4.69) is 17.1 Å². The van der Waals surface area contributed by atoms with Crippen LogP contribution in [0.4, 0.5) is 0 Å². The second-order valence-electron chi connectivity index (χ2n) is 4.46. The van der Waals surface area contributed by atoms with Crippen LogP contribution in [0.15, 0.2) is 36.5 Å². The molecule has 1 heterocycles. The van der Waals surface area contributed by atoms with Crippen LogP contribution in [0.2, 0.25) is 0 Å². The molecular formula is C14H15NO. The van der Waals surface area contributed by atoms with E-state index in [0.29, 0.717) is 5.92 Å². The number of ether oxygens (including phenoxy) is 1. The summed E-state index contributed by atoms with van der Waals surface area (Å²) in [6, 6.07) is 10.4. The van der Waals surface area contributed by atoms with Crippen LogP contribution in [0.3, 0.4) is 0 Å². The van der Waals surface area contributed by atoms with Gasteiger partial charge in [-0.05, 0) is 36.5 Å². The Morgan fingerprint density at radius 1 is 1.31 bits per heavy atom. The van der Waals surface area contributed by atoms with Crippen LogP contribution in [0.5, 0.6) is 0 Å². The molecule has 0 N–H and O–H groups in total. The summed E-state index contributed by atoms with van der Waals surface area (Å²) in [5.41, 5.74) is 2.26. The number of pyridine rings is 1. The summed E-state index contributed by atoms with van der Waals surface area (Å²) in [5, 5.41) is 1.20. The van der Waals surface area contributed by atoms with Crippen molar-refractivity contribution in [2.75, 3.05) is 7.11 Å². The minimum atomic E-state index is 0.233.